The minimum absolute atomic E-state index is 0.0795. The monoisotopic (exact) mass is 458 g/mol. The summed E-state index contributed by atoms with van der Waals surface area (Å²) in [6.07, 6.45) is 4.57. The number of carbonyl (C=O) groups excluding carboxylic acids is 1. The van der Waals surface area contributed by atoms with E-state index in [-0.39, 0.29) is 17.5 Å². The average molecular weight is 459 g/mol. The second kappa shape index (κ2) is 8.29. The fourth-order valence-corrected chi connectivity index (χ4v) is 3.52. The van der Waals surface area contributed by atoms with Crippen molar-refractivity contribution >= 4 is 46.1 Å². The minimum atomic E-state index is -0.453. The lowest BCUT2D eigenvalue weighted by Gasteiger charge is -2.07. The van der Waals surface area contributed by atoms with E-state index >= 15 is 0 Å². The number of hydrogen-bond donors (Lipinski definition) is 2. The smallest absolute Gasteiger partial charge is 0.333 e. The highest BCUT2D eigenvalue weighted by Gasteiger charge is 2.16. The first-order chi connectivity index (χ1) is 14.9. The van der Waals surface area contributed by atoms with Gasteiger partial charge in [0.15, 0.2) is 0 Å². The number of nitrogens with one attached hydrogen (secondary N) is 1. The van der Waals surface area contributed by atoms with Crippen molar-refractivity contribution in [1.82, 2.24) is 18.9 Å². The Morgan fingerprint density at radius 3 is 2.77 bits per heavy atom. The van der Waals surface area contributed by atoms with Crippen LogP contribution in [-0.2, 0) is 11.3 Å². The van der Waals surface area contributed by atoms with Crippen LogP contribution in [0.15, 0.2) is 53.7 Å². The van der Waals surface area contributed by atoms with Gasteiger partial charge >= 0.3 is 5.69 Å². The minimum Gasteiger partial charge on any atom is -0.497 e. The number of imidazole rings is 1. The van der Waals surface area contributed by atoms with Gasteiger partial charge in [0.1, 0.15) is 23.3 Å². The Hall–Kier alpha value is -3.56. The molecule has 0 spiro atoms. The number of carbonyl (C=O) groups is 1. The lowest BCUT2D eigenvalue weighted by Crippen LogP contribution is -2.27. The lowest BCUT2D eigenvalue weighted by molar-refractivity contribution is -0.116. The molecular formula is C20H16Cl2N6O3. The maximum absolute atomic E-state index is 12.8. The van der Waals surface area contributed by atoms with Crippen LogP contribution >= 0.6 is 23.2 Å². The van der Waals surface area contributed by atoms with E-state index in [1.807, 2.05) is 0 Å². The van der Waals surface area contributed by atoms with Crippen LogP contribution in [0, 0.1) is 0 Å². The third-order valence-electron chi connectivity index (χ3n) is 4.56. The van der Waals surface area contributed by atoms with Crippen molar-refractivity contribution in [2.24, 2.45) is 0 Å². The summed E-state index contributed by atoms with van der Waals surface area (Å²) in [5.41, 5.74) is 7.29. The molecular weight excluding hydrogens is 443 g/mol. The molecule has 4 rings (SSSR count). The number of aromatic nitrogens is 4. The van der Waals surface area contributed by atoms with Gasteiger partial charge in [-0.05, 0) is 30.3 Å². The number of nitrogen functional groups attached to an aromatic ring is 1. The van der Waals surface area contributed by atoms with Gasteiger partial charge in [0, 0.05) is 24.2 Å². The van der Waals surface area contributed by atoms with E-state index in [0.29, 0.717) is 33.2 Å². The van der Waals surface area contributed by atoms with Crippen LogP contribution in [0.2, 0.25) is 10.2 Å². The summed E-state index contributed by atoms with van der Waals surface area (Å²) >= 11 is 12.2. The Morgan fingerprint density at radius 1 is 1.26 bits per heavy atom. The summed E-state index contributed by atoms with van der Waals surface area (Å²) in [5, 5.41) is 3.25. The summed E-state index contributed by atoms with van der Waals surface area (Å²) in [6, 6.07) is 8.21. The number of rotatable bonds is 5. The molecule has 158 valence electrons. The van der Waals surface area contributed by atoms with Crippen molar-refractivity contribution in [3.63, 3.8) is 0 Å². The maximum Gasteiger partial charge on any atom is 0.333 e. The van der Waals surface area contributed by atoms with E-state index in [4.69, 9.17) is 33.7 Å². The van der Waals surface area contributed by atoms with Gasteiger partial charge in [-0.25, -0.2) is 9.78 Å². The van der Waals surface area contributed by atoms with E-state index in [9.17, 15) is 9.59 Å². The van der Waals surface area contributed by atoms with Gasteiger partial charge in [-0.3, -0.25) is 18.7 Å². The number of nitrogens with zero attached hydrogens (tertiary/aromatic N) is 4. The Balaban J connectivity index is 1.67. The molecule has 0 fully saturated rings. The molecule has 0 saturated heterocycles. The Morgan fingerprint density at radius 2 is 2.06 bits per heavy atom. The zero-order chi connectivity index (χ0) is 22.1. The van der Waals surface area contributed by atoms with Gasteiger partial charge in [-0.2, -0.15) is 0 Å². The van der Waals surface area contributed by atoms with Crippen molar-refractivity contribution in [3.8, 4) is 17.0 Å². The first kappa shape index (κ1) is 20.7. The molecule has 3 heterocycles. The van der Waals surface area contributed by atoms with Crippen LogP contribution in [0.25, 0.3) is 16.8 Å². The van der Waals surface area contributed by atoms with E-state index in [0.717, 1.165) is 0 Å². The van der Waals surface area contributed by atoms with Crippen LogP contribution in [0.1, 0.15) is 0 Å². The van der Waals surface area contributed by atoms with Gasteiger partial charge < -0.3 is 15.8 Å². The second-order valence-corrected chi connectivity index (χ2v) is 7.33. The molecule has 3 aromatic heterocycles. The zero-order valence-corrected chi connectivity index (χ0v) is 17.7. The standard InChI is InChI=1S/C20H16Cl2N6O3/c1-31-11-2-3-12(13(21)8-11)18-15-9-27(20(30)28(15)7-6-24-18)10-17(29)25-14-4-5-16(22)26-19(14)23/h2-9H,10H2,1H3,(H2,23,26)(H,25,29). The lowest BCUT2D eigenvalue weighted by atomic mass is 10.1. The molecule has 0 atom stereocenters. The molecule has 0 aliphatic carbocycles. The van der Waals surface area contributed by atoms with Crippen LogP contribution < -0.4 is 21.5 Å². The highest BCUT2D eigenvalue weighted by atomic mass is 35.5. The number of halogens is 2. The van der Waals surface area contributed by atoms with Crippen LogP contribution in [-0.4, -0.2) is 32.0 Å². The highest BCUT2D eigenvalue weighted by Crippen LogP contribution is 2.32. The number of fused-ring (bicyclic) bond motifs is 1. The number of anilines is 2. The van der Waals surface area contributed by atoms with Gasteiger partial charge in [0.25, 0.3) is 0 Å². The molecule has 31 heavy (non-hydrogen) atoms. The molecule has 4 aromatic rings. The molecule has 0 radical (unpaired) electrons. The van der Waals surface area contributed by atoms with Crippen LogP contribution in [0.3, 0.4) is 0 Å². The third kappa shape index (κ3) is 4.05. The molecule has 0 aliphatic heterocycles. The van der Waals surface area contributed by atoms with Gasteiger partial charge in [-0.1, -0.05) is 23.2 Å². The molecule has 0 bridgehead atoms. The molecule has 0 unspecified atom stereocenters. The summed E-state index contributed by atoms with van der Waals surface area (Å²) in [6.45, 7) is -0.238. The number of ether oxygens (including phenoxy) is 1. The number of hydrogen-bond acceptors (Lipinski definition) is 6. The molecule has 1 amide bonds. The quantitative estimate of drug-likeness (QED) is 0.443. The Kier molecular flexibility index (Phi) is 5.53. The SMILES string of the molecule is COc1ccc(-c2nccn3c(=O)n(CC(=O)Nc4ccc(Cl)nc4N)cc23)c(Cl)c1. The predicted molar refractivity (Wildman–Crippen MR) is 119 cm³/mol. The van der Waals surface area contributed by atoms with Crippen molar-refractivity contribution in [2.45, 2.75) is 6.54 Å². The molecule has 11 heteroatoms. The van der Waals surface area contributed by atoms with E-state index in [1.165, 1.54) is 33.5 Å². The van der Waals surface area contributed by atoms with Crippen molar-refractivity contribution in [1.29, 1.82) is 0 Å². The predicted octanol–water partition coefficient (Wildman–Crippen LogP) is 3.09. The maximum atomic E-state index is 12.8. The van der Waals surface area contributed by atoms with E-state index in [2.05, 4.69) is 15.3 Å². The first-order valence-corrected chi connectivity index (χ1v) is 9.75. The number of methoxy groups -OCH3 is 1. The van der Waals surface area contributed by atoms with Gasteiger partial charge in [0.05, 0.1) is 29.0 Å². The summed E-state index contributed by atoms with van der Waals surface area (Å²) in [7, 11) is 1.54. The summed E-state index contributed by atoms with van der Waals surface area (Å²) in [5.74, 6) is 0.227. The fourth-order valence-electron chi connectivity index (χ4n) is 3.10. The Labute approximate surface area is 186 Å². The zero-order valence-electron chi connectivity index (χ0n) is 16.2. The van der Waals surface area contributed by atoms with E-state index < -0.39 is 11.6 Å². The number of pyridine rings is 1. The normalized spacial score (nSPS) is 10.9. The molecule has 0 aliphatic rings. The van der Waals surface area contributed by atoms with Gasteiger partial charge in [0.2, 0.25) is 5.91 Å². The molecule has 1 aromatic carbocycles. The number of benzene rings is 1. The Bertz CT molecular complexity index is 1370. The van der Waals surface area contributed by atoms with Crippen LogP contribution in [0.4, 0.5) is 11.5 Å². The highest BCUT2D eigenvalue weighted by molar-refractivity contribution is 6.33. The third-order valence-corrected chi connectivity index (χ3v) is 5.08. The first-order valence-electron chi connectivity index (χ1n) is 8.99. The van der Waals surface area contributed by atoms with Crippen LogP contribution in [0.5, 0.6) is 5.75 Å². The fraction of sp³-hybridized carbons (Fsp3) is 0.100. The topological polar surface area (TPSA) is 117 Å². The summed E-state index contributed by atoms with van der Waals surface area (Å²) < 4.78 is 7.84. The second-order valence-electron chi connectivity index (χ2n) is 6.53. The van der Waals surface area contributed by atoms with Crippen molar-refractivity contribution in [3.05, 3.63) is 69.6 Å². The van der Waals surface area contributed by atoms with Crippen molar-refractivity contribution < 1.29 is 9.53 Å². The summed E-state index contributed by atoms with van der Waals surface area (Å²) in [4.78, 5) is 33.5. The van der Waals surface area contributed by atoms with E-state index in [1.54, 1.807) is 31.5 Å². The molecule has 9 nitrogen and oxygen atoms in total. The van der Waals surface area contributed by atoms with Crippen molar-refractivity contribution in [2.75, 3.05) is 18.2 Å². The molecule has 3 N–H and O–H groups in total. The van der Waals surface area contributed by atoms with Gasteiger partial charge in [-0.15, -0.1) is 0 Å². The number of nitrogens with two attached hydrogens (primary N) is 1. The number of amides is 1. The molecule has 0 saturated carbocycles. The largest absolute Gasteiger partial charge is 0.497 e. The average Bonchev–Trinajstić information content (AvgIpc) is 3.05.